The molecule has 134 valence electrons. The van der Waals surface area contributed by atoms with Gasteiger partial charge in [0, 0.05) is 31.5 Å². The second-order valence-corrected chi connectivity index (χ2v) is 7.12. The van der Waals surface area contributed by atoms with E-state index in [0.29, 0.717) is 24.3 Å². The second kappa shape index (κ2) is 7.23. The number of benzene rings is 1. The second-order valence-electron chi connectivity index (χ2n) is 7.12. The highest BCUT2D eigenvalue weighted by atomic mass is 16.5. The number of rotatable bonds is 4. The van der Waals surface area contributed by atoms with E-state index >= 15 is 0 Å². The molecule has 2 heterocycles. The van der Waals surface area contributed by atoms with Crippen LogP contribution in [-0.4, -0.2) is 58.4 Å². The molecule has 0 spiro atoms. The number of para-hydroxylation sites is 1. The monoisotopic (exact) mass is 343 g/mol. The molecule has 1 aromatic carbocycles. The van der Waals surface area contributed by atoms with Crippen molar-refractivity contribution >= 4 is 10.9 Å². The maximum atomic E-state index is 12.2. The first-order chi connectivity index (χ1) is 12.2. The number of morpholine rings is 1. The normalized spacial score (nSPS) is 27.8. The van der Waals surface area contributed by atoms with E-state index in [1.165, 1.54) is 0 Å². The molecule has 4 rings (SSSR count). The van der Waals surface area contributed by atoms with Crippen molar-refractivity contribution in [1.29, 1.82) is 0 Å². The van der Waals surface area contributed by atoms with Crippen LogP contribution in [0.1, 0.15) is 25.1 Å². The van der Waals surface area contributed by atoms with E-state index in [-0.39, 0.29) is 17.7 Å². The molecule has 6 heteroatoms. The summed E-state index contributed by atoms with van der Waals surface area (Å²) in [7, 11) is 0. The van der Waals surface area contributed by atoms with E-state index in [9.17, 15) is 9.90 Å². The third-order valence-corrected chi connectivity index (χ3v) is 5.60. The number of H-pyrrole nitrogens is 1. The van der Waals surface area contributed by atoms with Crippen molar-refractivity contribution in [2.45, 2.75) is 37.8 Å². The van der Waals surface area contributed by atoms with E-state index in [1.807, 2.05) is 18.2 Å². The number of ether oxygens (including phenoxy) is 1. The highest BCUT2D eigenvalue weighted by molar-refractivity contribution is 5.77. The molecule has 0 amide bonds. The van der Waals surface area contributed by atoms with Gasteiger partial charge in [-0.25, -0.2) is 4.98 Å². The Bertz CT molecular complexity index is 791. The maximum Gasteiger partial charge on any atom is 0.258 e. The molecule has 1 saturated heterocycles. The standard InChI is InChI=1S/C19H25N3O3/c23-17-7-3-5-14(17)16-12-25-11-10-22(16)9-8-18-20-15-6-2-1-4-13(15)19(24)21-18/h1-2,4,6,14,16-17,23H,3,5,7-12H2,(H,20,21,24)/t14-,16-,17-/m1/s1. The van der Waals surface area contributed by atoms with Gasteiger partial charge in [0.15, 0.2) is 0 Å². The lowest BCUT2D eigenvalue weighted by Crippen LogP contribution is -2.51. The molecule has 0 bridgehead atoms. The number of aromatic nitrogens is 2. The van der Waals surface area contributed by atoms with Crippen molar-refractivity contribution in [2.24, 2.45) is 5.92 Å². The summed E-state index contributed by atoms with van der Waals surface area (Å²) in [5.41, 5.74) is 0.663. The Morgan fingerprint density at radius 1 is 1.32 bits per heavy atom. The topological polar surface area (TPSA) is 78.5 Å². The number of nitrogens with one attached hydrogen (secondary N) is 1. The summed E-state index contributed by atoms with van der Waals surface area (Å²) in [4.78, 5) is 22.1. The smallest absolute Gasteiger partial charge is 0.258 e. The van der Waals surface area contributed by atoms with Crippen molar-refractivity contribution in [3.05, 3.63) is 40.4 Å². The van der Waals surface area contributed by atoms with Crippen LogP contribution in [0.15, 0.2) is 29.1 Å². The van der Waals surface area contributed by atoms with Gasteiger partial charge in [-0.3, -0.25) is 9.69 Å². The van der Waals surface area contributed by atoms with Gasteiger partial charge in [0.05, 0.1) is 30.2 Å². The number of aliphatic hydroxyl groups excluding tert-OH is 1. The highest BCUT2D eigenvalue weighted by Gasteiger charge is 2.37. The number of fused-ring (bicyclic) bond motifs is 1. The largest absolute Gasteiger partial charge is 0.393 e. The molecule has 2 aromatic rings. The van der Waals surface area contributed by atoms with Gasteiger partial charge in [0.1, 0.15) is 5.82 Å². The Labute approximate surface area is 146 Å². The molecular weight excluding hydrogens is 318 g/mol. The fourth-order valence-electron chi connectivity index (χ4n) is 4.25. The number of hydrogen-bond donors (Lipinski definition) is 2. The summed E-state index contributed by atoms with van der Waals surface area (Å²) in [5.74, 6) is 1.02. The first kappa shape index (κ1) is 16.7. The molecule has 25 heavy (non-hydrogen) atoms. The van der Waals surface area contributed by atoms with E-state index in [0.717, 1.165) is 50.3 Å². The molecule has 1 aromatic heterocycles. The van der Waals surface area contributed by atoms with Crippen molar-refractivity contribution in [3.8, 4) is 0 Å². The third kappa shape index (κ3) is 3.47. The Balaban J connectivity index is 1.48. The quantitative estimate of drug-likeness (QED) is 0.876. The maximum absolute atomic E-state index is 12.2. The summed E-state index contributed by atoms with van der Waals surface area (Å²) >= 11 is 0. The predicted molar refractivity (Wildman–Crippen MR) is 95.6 cm³/mol. The molecule has 1 saturated carbocycles. The number of aliphatic hydroxyl groups is 1. The van der Waals surface area contributed by atoms with E-state index < -0.39 is 0 Å². The Kier molecular flexibility index (Phi) is 4.83. The van der Waals surface area contributed by atoms with Crippen LogP contribution in [0, 0.1) is 5.92 Å². The third-order valence-electron chi connectivity index (χ3n) is 5.60. The Hall–Kier alpha value is -1.76. The van der Waals surface area contributed by atoms with Gasteiger partial charge in [-0.05, 0) is 25.0 Å². The fraction of sp³-hybridized carbons (Fsp3) is 0.579. The van der Waals surface area contributed by atoms with Crippen LogP contribution in [0.4, 0.5) is 0 Å². The SMILES string of the molecule is O=c1[nH]c(CCN2CCOC[C@@H]2[C@H]2CCC[C@H]2O)nc2ccccc12. The van der Waals surface area contributed by atoms with Gasteiger partial charge in [-0.15, -0.1) is 0 Å². The lowest BCUT2D eigenvalue weighted by molar-refractivity contribution is -0.0495. The zero-order valence-electron chi connectivity index (χ0n) is 14.4. The Morgan fingerprint density at radius 3 is 3.04 bits per heavy atom. The molecule has 1 aliphatic heterocycles. The average Bonchev–Trinajstić information content (AvgIpc) is 3.06. The number of hydrogen-bond acceptors (Lipinski definition) is 5. The molecule has 0 radical (unpaired) electrons. The minimum atomic E-state index is -0.215. The summed E-state index contributed by atoms with van der Waals surface area (Å²) in [6, 6.07) is 7.69. The van der Waals surface area contributed by atoms with Gasteiger partial charge in [0.2, 0.25) is 0 Å². The van der Waals surface area contributed by atoms with Crippen LogP contribution in [-0.2, 0) is 11.2 Å². The summed E-state index contributed by atoms with van der Waals surface area (Å²) in [6.07, 6.45) is 3.54. The predicted octanol–water partition coefficient (Wildman–Crippen LogP) is 1.33. The van der Waals surface area contributed by atoms with Crippen LogP contribution in [0.3, 0.4) is 0 Å². The first-order valence-corrected chi connectivity index (χ1v) is 9.20. The van der Waals surface area contributed by atoms with Crippen LogP contribution in [0.25, 0.3) is 10.9 Å². The van der Waals surface area contributed by atoms with E-state index in [2.05, 4.69) is 14.9 Å². The van der Waals surface area contributed by atoms with Crippen molar-refractivity contribution < 1.29 is 9.84 Å². The molecule has 0 unspecified atom stereocenters. The van der Waals surface area contributed by atoms with Crippen molar-refractivity contribution in [2.75, 3.05) is 26.3 Å². The van der Waals surface area contributed by atoms with E-state index in [4.69, 9.17) is 4.74 Å². The van der Waals surface area contributed by atoms with Crippen LogP contribution in [0.2, 0.25) is 0 Å². The molecule has 2 N–H and O–H groups in total. The zero-order valence-corrected chi connectivity index (χ0v) is 14.4. The fourth-order valence-corrected chi connectivity index (χ4v) is 4.25. The summed E-state index contributed by atoms with van der Waals surface area (Å²) in [5, 5.41) is 10.9. The van der Waals surface area contributed by atoms with Crippen LogP contribution in [0.5, 0.6) is 0 Å². The molecule has 6 nitrogen and oxygen atoms in total. The highest BCUT2D eigenvalue weighted by Crippen LogP contribution is 2.32. The van der Waals surface area contributed by atoms with Crippen LogP contribution < -0.4 is 5.56 Å². The van der Waals surface area contributed by atoms with Crippen molar-refractivity contribution in [1.82, 2.24) is 14.9 Å². The molecule has 2 aliphatic rings. The average molecular weight is 343 g/mol. The number of aromatic amines is 1. The molecular formula is C19H25N3O3. The molecule has 2 fully saturated rings. The lowest BCUT2D eigenvalue weighted by Gasteiger charge is -2.40. The van der Waals surface area contributed by atoms with Gasteiger partial charge in [0.25, 0.3) is 5.56 Å². The summed E-state index contributed by atoms with van der Waals surface area (Å²) < 4.78 is 5.68. The van der Waals surface area contributed by atoms with Gasteiger partial charge < -0.3 is 14.8 Å². The van der Waals surface area contributed by atoms with Gasteiger partial charge >= 0.3 is 0 Å². The molecule has 3 atom stereocenters. The Morgan fingerprint density at radius 2 is 2.20 bits per heavy atom. The minimum Gasteiger partial charge on any atom is -0.393 e. The van der Waals surface area contributed by atoms with Gasteiger partial charge in [-0.1, -0.05) is 18.6 Å². The first-order valence-electron chi connectivity index (χ1n) is 9.20. The van der Waals surface area contributed by atoms with Crippen molar-refractivity contribution in [3.63, 3.8) is 0 Å². The van der Waals surface area contributed by atoms with Crippen LogP contribution >= 0.6 is 0 Å². The minimum absolute atomic E-state index is 0.0784. The number of nitrogens with zero attached hydrogens (tertiary/aromatic N) is 2. The summed E-state index contributed by atoms with van der Waals surface area (Å²) in [6.45, 7) is 3.09. The van der Waals surface area contributed by atoms with Gasteiger partial charge in [-0.2, -0.15) is 0 Å². The molecule has 1 aliphatic carbocycles. The zero-order chi connectivity index (χ0) is 17.2. The van der Waals surface area contributed by atoms with E-state index in [1.54, 1.807) is 6.07 Å². The lowest BCUT2D eigenvalue weighted by atomic mass is 9.94.